The van der Waals surface area contributed by atoms with Crippen LogP contribution in [0.3, 0.4) is 0 Å². The number of piperazine rings is 1. The largest absolute Gasteiger partial charge is 0.497 e. The lowest BCUT2D eigenvalue weighted by atomic mass is 9.97. The number of hydrogen-bond donors (Lipinski definition) is 3. The first kappa shape index (κ1) is 11.9. The van der Waals surface area contributed by atoms with E-state index in [0.717, 1.165) is 17.9 Å². The van der Waals surface area contributed by atoms with Crippen molar-refractivity contribution in [1.29, 1.82) is 0 Å². The quantitative estimate of drug-likeness (QED) is 0.708. The fourth-order valence-electron chi connectivity index (χ4n) is 2.04. The maximum absolute atomic E-state index is 11.1. The van der Waals surface area contributed by atoms with Gasteiger partial charge in [-0.15, -0.1) is 0 Å². The van der Waals surface area contributed by atoms with Crippen molar-refractivity contribution in [3.05, 3.63) is 29.8 Å². The van der Waals surface area contributed by atoms with Gasteiger partial charge in [-0.3, -0.25) is 4.79 Å². The van der Waals surface area contributed by atoms with Crippen LogP contribution in [0, 0.1) is 0 Å². The molecule has 1 heterocycles. The minimum Gasteiger partial charge on any atom is -0.497 e. The summed E-state index contributed by atoms with van der Waals surface area (Å²) in [5.41, 5.74) is 0.949. The molecule has 5 nitrogen and oxygen atoms in total. The Hall–Kier alpha value is -1.59. The summed E-state index contributed by atoms with van der Waals surface area (Å²) in [5, 5.41) is 15.4. The van der Waals surface area contributed by atoms with E-state index in [4.69, 9.17) is 9.84 Å². The first-order valence-corrected chi connectivity index (χ1v) is 5.56. The molecule has 1 aliphatic rings. The van der Waals surface area contributed by atoms with E-state index in [1.54, 1.807) is 7.11 Å². The number of ether oxygens (including phenoxy) is 1. The monoisotopic (exact) mass is 236 g/mol. The van der Waals surface area contributed by atoms with Gasteiger partial charge in [0.25, 0.3) is 0 Å². The van der Waals surface area contributed by atoms with Crippen LogP contribution < -0.4 is 15.4 Å². The van der Waals surface area contributed by atoms with Crippen LogP contribution in [-0.4, -0.2) is 37.3 Å². The van der Waals surface area contributed by atoms with Crippen LogP contribution in [0.25, 0.3) is 0 Å². The van der Waals surface area contributed by atoms with Gasteiger partial charge in [-0.1, -0.05) is 12.1 Å². The molecular formula is C12H16N2O3. The van der Waals surface area contributed by atoms with Crippen molar-refractivity contribution >= 4 is 5.97 Å². The van der Waals surface area contributed by atoms with Gasteiger partial charge in [-0.05, 0) is 17.7 Å². The van der Waals surface area contributed by atoms with Crippen LogP contribution in [-0.2, 0) is 4.79 Å². The van der Waals surface area contributed by atoms with E-state index in [1.165, 1.54) is 0 Å². The molecule has 0 amide bonds. The molecule has 92 valence electrons. The molecule has 2 rings (SSSR count). The average Bonchev–Trinajstić information content (AvgIpc) is 2.39. The summed E-state index contributed by atoms with van der Waals surface area (Å²) in [4.78, 5) is 11.1. The van der Waals surface area contributed by atoms with Gasteiger partial charge in [-0.25, -0.2) is 0 Å². The molecule has 1 aromatic rings. The highest BCUT2D eigenvalue weighted by Gasteiger charge is 2.31. The van der Waals surface area contributed by atoms with E-state index >= 15 is 0 Å². The first-order chi connectivity index (χ1) is 8.22. The van der Waals surface area contributed by atoms with Crippen molar-refractivity contribution < 1.29 is 14.6 Å². The number of hydrogen-bond acceptors (Lipinski definition) is 4. The van der Waals surface area contributed by atoms with Gasteiger partial charge in [0.1, 0.15) is 11.8 Å². The third kappa shape index (κ3) is 2.57. The number of carbonyl (C=O) groups is 1. The Morgan fingerprint density at radius 2 is 1.94 bits per heavy atom. The van der Waals surface area contributed by atoms with E-state index in [0.29, 0.717) is 6.54 Å². The van der Waals surface area contributed by atoms with E-state index in [1.807, 2.05) is 24.3 Å². The van der Waals surface area contributed by atoms with Gasteiger partial charge in [0.15, 0.2) is 0 Å². The number of aliphatic carboxylic acids is 1. The highest BCUT2D eigenvalue weighted by molar-refractivity contribution is 5.75. The molecule has 0 saturated carbocycles. The number of benzene rings is 1. The van der Waals surface area contributed by atoms with Crippen LogP contribution in [0.15, 0.2) is 24.3 Å². The summed E-state index contributed by atoms with van der Waals surface area (Å²) in [7, 11) is 1.61. The standard InChI is InChI=1S/C12H16N2O3/c1-17-9-4-2-8(3-5-9)10-11(12(15)16)14-7-6-13-10/h2-5,10-11,13-14H,6-7H2,1H3,(H,15,16). The molecule has 0 aliphatic carbocycles. The molecule has 1 saturated heterocycles. The van der Waals surface area contributed by atoms with Gasteiger partial charge >= 0.3 is 5.97 Å². The second kappa shape index (κ2) is 5.16. The Balaban J connectivity index is 2.20. The molecule has 2 unspecified atom stereocenters. The topological polar surface area (TPSA) is 70.6 Å². The minimum atomic E-state index is -0.835. The molecule has 3 N–H and O–H groups in total. The summed E-state index contributed by atoms with van der Waals surface area (Å²) in [6.45, 7) is 1.43. The number of nitrogens with one attached hydrogen (secondary N) is 2. The first-order valence-electron chi connectivity index (χ1n) is 5.56. The second-order valence-corrected chi connectivity index (χ2v) is 3.97. The highest BCUT2D eigenvalue weighted by Crippen LogP contribution is 2.21. The molecule has 0 spiro atoms. The highest BCUT2D eigenvalue weighted by atomic mass is 16.5. The van der Waals surface area contributed by atoms with Crippen LogP contribution in [0.1, 0.15) is 11.6 Å². The molecular weight excluding hydrogens is 220 g/mol. The number of methoxy groups -OCH3 is 1. The third-order valence-corrected chi connectivity index (χ3v) is 2.93. The van der Waals surface area contributed by atoms with Crippen molar-refractivity contribution in [2.24, 2.45) is 0 Å². The summed E-state index contributed by atoms with van der Waals surface area (Å²) in [6, 6.07) is 6.66. The lowest BCUT2D eigenvalue weighted by Gasteiger charge is -2.31. The number of carboxylic acids is 1. The Labute approximate surface area is 99.8 Å². The Kier molecular flexibility index (Phi) is 3.61. The smallest absolute Gasteiger partial charge is 0.322 e. The molecule has 1 fully saturated rings. The molecule has 1 aliphatic heterocycles. The van der Waals surface area contributed by atoms with Gasteiger partial charge in [0.2, 0.25) is 0 Å². The van der Waals surface area contributed by atoms with Crippen molar-refractivity contribution in [1.82, 2.24) is 10.6 Å². The Morgan fingerprint density at radius 1 is 1.29 bits per heavy atom. The van der Waals surface area contributed by atoms with Crippen LogP contribution in [0.5, 0.6) is 5.75 Å². The lowest BCUT2D eigenvalue weighted by Crippen LogP contribution is -2.54. The molecule has 1 aromatic carbocycles. The molecule has 17 heavy (non-hydrogen) atoms. The van der Waals surface area contributed by atoms with Gasteiger partial charge in [0.05, 0.1) is 13.2 Å². The van der Waals surface area contributed by atoms with Crippen molar-refractivity contribution in [3.8, 4) is 5.75 Å². The molecule has 0 radical (unpaired) electrons. The lowest BCUT2D eigenvalue weighted by molar-refractivity contribution is -0.140. The van der Waals surface area contributed by atoms with Crippen molar-refractivity contribution in [2.75, 3.05) is 20.2 Å². The SMILES string of the molecule is COc1ccc(C2NCCNC2C(=O)O)cc1. The normalized spacial score (nSPS) is 24.3. The zero-order valence-corrected chi connectivity index (χ0v) is 9.64. The van der Waals surface area contributed by atoms with E-state index in [-0.39, 0.29) is 6.04 Å². The fourth-order valence-corrected chi connectivity index (χ4v) is 2.04. The predicted molar refractivity (Wildman–Crippen MR) is 63.2 cm³/mol. The Morgan fingerprint density at radius 3 is 2.53 bits per heavy atom. The van der Waals surface area contributed by atoms with Gasteiger partial charge < -0.3 is 20.5 Å². The zero-order valence-electron chi connectivity index (χ0n) is 9.64. The summed E-state index contributed by atoms with van der Waals surface area (Å²) < 4.78 is 5.08. The predicted octanol–water partition coefficient (Wildman–Crippen LogP) is 0.382. The zero-order chi connectivity index (χ0) is 12.3. The van der Waals surface area contributed by atoms with Crippen molar-refractivity contribution in [2.45, 2.75) is 12.1 Å². The average molecular weight is 236 g/mol. The molecule has 5 heteroatoms. The number of rotatable bonds is 3. The molecule has 0 aromatic heterocycles. The second-order valence-electron chi connectivity index (χ2n) is 3.97. The van der Waals surface area contributed by atoms with E-state index in [2.05, 4.69) is 10.6 Å². The minimum absolute atomic E-state index is 0.202. The van der Waals surface area contributed by atoms with Gasteiger partial charge in [0, 0.05) is 13.1 Å². The maximum atomic E-state index is 11.1. The molecule has 2 atom stereocenters. The summed E-state index contributed by atoms with van der Waals surface area (Å²) in [5.74, 6) is -0.0672. The summed E-state index contributed by atoms with van der Waals surface area (Å²) >= 11 is 0. The number of carboxylic acid groups (broad SMARTS) is 1. The summed E-state index contributed by atoms with van der Waals surface area (Å²) in [6.07, 6.45) is 0. The van der Waals surface area contributed by atoms with Crippen LogP contribution in [0.2, 0.25) is 0 Å². The fraction of sp³-hybridized carbons (Fsp3) is 0.417. The van der Waals surface area contributed by atoms with E-state index < -0.39 is 12.0 Å². The van der Waals surface area contributed by atoms with Gasteiger partial charge in [-0.2, -0.15) is 0 Å². The van der Waals surface area contributed by atoms with Crippen LogP contribution >= 0.6 is 0 Å². The Bertz CT molecular complexity index is 391. The van der Waals surface area contributed by atoms with Crippen LogP contribution in [0.4, 0.5) is 0 Å². The van der Waals surface area contributed by atoms with E-state index in [9.17, 15) is 4.79 Å². The molecule has 0 bridgehead atoms. The van der Waals surface area contributed by atoms with Crippen molar-refractivity contribution in [3.63, 3.8) is 0 Å². The third-order valence-electron chi connectivity index (χ3n) is 2.93. The maximum Gasteiger partial charge on any atom is 0.322 e.